The SMILES string of the molecule is CCN(C(=O)c1nn2cnnc2s1)c1cccc(C)c1. The van der Waals surface area contributed by atoms with Crippen molar-refractivity contribution in [1.82, 2.24) is 19.8 Å². The number of anilines is 1. The average Bonchev–Trinajstić information content (AvgIpc) is 3.00. The highest BCUT2D eigenvalue weighted by atomic mass is 32.1. The van der Waals surface area contributed by atoms with Gasteiger partial charge in [-0.2, -0.15) is 4.52 Å². The van der Waals surface area contributed by atoms with Crippen molar-refractivity contribution in [2.24, 2.45) is 0 Å². The lowest BCUT2D eigenvalue weighted by Crippen LogP contribution is -2.30. The van der Waals surface area contributed by atoms with Gasteiger partial charge in [0.15, 0.2) is 0 Å². The van der Waals surface area contributed by atoms with Crippen LogP contribution in [0.15, 0.2) is 30.6 Å². The van der Waals surface area contributed by atoms with Crippen LogP contribution in [0.1, 0.15) is 22.3 Å². The first kappa shape index (κ1) is 12.7. The van der Waals surface area contributed by atoms with E-state index < -0.39 is 0 Å². The smallest absolute Gasteiger partial charge is 0.289 e. The number of hydrogen-bond acceptors (Lipinski definition) is 5. The molecule has 0 aliphatic heterocycles. The third-order valence-corrected chi connectivity index (χ3v) is 3.85. The lowest BCUT2D eigenvalue weighted by atomic mass is 10.2. The van der Waals surface area contributed by atoms with E-state index in [1.807, 2.05) is 38.1 Å². The van der Waals surface area contributed by atoms with Gasteiger partial charge in [-0.15, -0.1) is 15.3 Å². The zero-order valence-corrected chi connectivity index (χ0v) is 12.0. The number of aromatic nitrogens is 4. The lowest BCUT2D eigenvalue weighted by Gasteiger charge is -2.19. The van der Waals surface area contributed by atoms with Crippen molar-refractivity contribution in [3.8, 4) is 0 Å². The molecule has 0 aliphatic carbocycles. The summed E-state index contributed by atoms with van der Waals surface area (Å²) in [5.74, 6) is -0.117. The summed E-state index contributed by atoms with van der Waals surface area (Å²) in [6, 6.07) is 7.86. The Morgan fingerprint density at radius 3 is 3.00 bits per heavy atom. The predicted octanol–water partition coefficient (Wildman–Crippen LogP) is 2.16. The topological polar surface area (TPSA) is 63.4 Å². The summed E-state index contributed by atoms with van der Waals surface area (Å²) in [5.41, 5.74) is 2.00. The van der Waals surface area contributed by atoms with Crippen molar-refractivity contribution in [1.29, 1.82) is 0 Å². The summed E-state index contributed by atoms with van der Waals surface area (Å²) >= 11 is 1.24. The van der Waals surface area contributed by atoms with Crippen molar-refractivity contribution >= 4 is 27.9 Å². The molecular weight excluding hydrogens is 274 g/mol. The second kappa shape index (κ2) is 5.01. The van der Waals surface area contributed by atoms with Gasteiger partial charge in [-0.1, -0.05) is 23.5 Å². The number of nitrogens with zero attached hydrogens (tertiary/aromatic N) is 5. The van der Waals surface area contributed by atoms with E-state index in [1.54, 1.807) is 4.90 Å². The summed E-state index contributed by atoms with van der Waals surface area (Å²) in [6.07, 6.45) is 1.49. The van der Waals surface area contributed by atoms with Gasteiger partial charge in [0.1, 0.15) is 6.33 Å². The molecule has 0 unspecified atom stereocenters. The summed E-state index contributed by atoms with van der Waals surface area (Å²) in [6.45, 7) is 4.54. The molecule has 0 atom stereocenters. The third kappa shape index (κ3) is 2.16. The number of carbonyl (C=O) groups excluding carboxylic acids is 1. The molecule has 0 radical (unpaired) electrons. The second-order valence-electron chi connectivity index (χ2n) is 4.35. The molecule has 20 heavy (non-hydrogen) atoms. The number of aryl methyl sites for hydroxylation is 1. The minimum absolute atomic E-state index is 0.117. The maximum absolute atomic E-state index is 12.6. The van der Waals surface area contributed by atoms with Crippen LogP contribution in [-0.4, -0.2) is 32.3 Å². The molecule has 0 aliphatic rings. The molecule has 1 amide bonds. The third-order valence-electron chi connectivity index (χ3n) is 2.94. The number of benzene rings is 1. The van der Waals surface area contributed by atoms with Crippen molar-refractivity contribution in [3.05, 3.63) is 41.2 Å². The fraction of sp³-hybridized carbons (Fsp3) is 0.231. The molecule has 0 bridgehead atoms. The van der Waals surface area contributed by atoms with Crippen LogP contribution in [0.5, 0.6) is 0 Å². The Morgan fingerprint density at radius 1 is 1.45 bits per heavy atom. The lowest BCUT2D eigenvalue weighted by molar-refractivity contribution is 0.0987. The molecule has 2 aromatic heterocycles. The molecule has 0 N–H and O–H groups in total. The molecule has 3 aromatic rings. The second-order valence-corrected chi connectivity index (χ2v) is 5.31. The molecule has 0 spiro atoms. The summed E-state index contributed by atoms with van der Waals surface area (Å²) in [4.78, 5) is 14.9. The Kier molecular flexibility index (Phi) is 3.19. The van der Waals surface area contributed by atoms with Crippen LogP contribution in [0, 0.1) is 6.92 Å². The highest BCUT2D eigenvalue weighted by molar-refractivity contribution is 7.18. The van der Waals surface area contributed by atoms with Crippen LogP contribution >= 0.6 is 11.3 Å². The summed E-state index contributed by atoms with van der Waals surface area (Å²) in [7, 11) is 0. The van der Waals surface area contributed by atoms with E-state index in [1.165, 1.54) is 22.2 Å². The average molecular weight is 287 g/mol. The van der Waals surface area contributed by atoms with E-state index in [9.17, 15) is 4.79 Å². The summed E-state index contributed by atoms with van der Waals surface area (Å²) in [5, 5.41) is 12.2. The van der Waals surface area contributed by atoms with Crippen molar-refractivity contribution in [2.45, 2.75) is 13.8 Å². The monoisotopic (exact) mass is 287 g/mol. The van der Waals surface area contributed by atoms with Gasteiger partial charge in [0.05, 0.1) is 0 Å². The number of hydrogen-bond donors (Lipinski definition) is 0. The van der Waals surface area contributed by atoms with Gasteiger partial charge < -0.3 is 4.90 Å². The predicted molar refractivity (Wildman–Crippen MR) is 77.2 cm³/mol. The molecule has 0 fully saturated rings. The van der Waals surface area contributed by atoms with Crippen LogP contribution in [0.3, 0.4) is 0 Å². The van der Waals surface area contributed by atoms with E-state index in [4.69, 9.17) is 0 Å². The largest absolute Gasteiger partial charge is 0.307 e. The van der Waals surface area contributed by atoms with Gasteiger partial charge in [-0.05, 0) is 31.5 Å². The Balaban J connectivity index is 1.96. The Morgan fingerprint density at radius 2 is 2.30 bits per heavy atom. The van der Waals surface area contributed by atoms with E-state index in [-0.39, 0.29) is 5.91 Å². The van der Waals surface area contributed by atoms with Crippen molar-refractivity contribution in [3.63, 3.8) is 0 Å². The maximum Gasteiger partial charge on any atom is 0.289 e. The Hall–Kier alpha value is -2.28. The van der Waals surface area contributed by atoms with E-state index in [2.05, 4.69) is 15.3 Å². The molecule has 7 heteroatoms. The van der Waals surface area contributed by atoms with Gasteiger partial charge in [-0.3, -0.25) is 4.79 Å². The van der Waals surface area contributed by atoms with Crippen LogP contribution in [0.25, 0.3) is 4.96 Å². The number of fused-ring (bicyclic) bond motifs is 1. The van der Waals surface area contributed by atoms with Gasteiger partial charge in [0, 0.05) is 12.2 Å². The highest BCUT2D eigenvalue weighted by Crippen LogP contribution is 2.20. The van der Waals surface area contributed by atoms with Crippen LogP contribution < -0.4 is 4.90 Å². The Bertz CT molecular complexity index is 734. The molecule has 2 heterocycles. The fourth-order valence-corrected chi connectivity index (χ4v) is 2.77. The molecule has 102 valence electrons. The first-order valence-corrected chi connectivity index (χ1v) is 7.06. The number of carbonyl (C=O) groups is 1. The molecule has 1 aromatic carbocycles. The molecule has 0 saturated heterocycles. The molecule has 0 saturated carbocycles. The highest BCUT2D eigenvalue weighted by Gasteiger charge is 2.21. The van der Waals surface area contributed by atoms with E-state index in [0.29, 0.717) is 16.5 Å². The minimum Gasteiger partial charge on any atom is -0.307 e. The zero-order chi connectivity index (χ0) is 14.1. The standard InChI is InChI=1S/C13H13N5OS/c1-3-17(10-6-4-5-9(2)7-10)12(19)11-16-18-8-14-15-13(18)20-11/h4-8H,3H2,1-2H3. The van der Waals surface area contributed by atoms with Crippen LogP contribution in [0.4, 0.5) is 5.69 Å². The minimum atomic E-state index is -0.117. The fourth-order valence-electron chi connectivity index (χ4n) is 2.00. The van der Waals surface area contributed by atoms with Crippen molar-refractivity contribution in [2.75, 3.05) is 11.4 Å². The van der Waals surface area contributed by atoms with Gasteiger partial charge in [-0.25, -0.2) is 0 Å². The van der Waals surface area contributed by atoms with Gasteiger partial charge in [0.2, 0.25) is 9.97 Å². The molecule has 6 nitrogen and oxygen atoms in total. The number of rotatable bonds is 3. The maximum atomic E-state index is 12.6. The zero-order valence-electron chi connectivity index (χ0n) is 11.1. The van der Waals surface area contributed by atoms with Gasteiger partial charge in [0.25, 0.3) is 5.91 Å². The van der Waals surface area contributed by atoms with Gasteiger partial charge >= 0.3 is 0 Å². The Labute approximate surface area is 119 Å². The number of amides is 1. The molecule has 3 rings (SSSR count). The summed E-state index contributed by atoms with van der Waals surface area (Å²) < 4.78 is 1.52. The van der Waals surface area contributed by atoms with E-state index in [0.717, 1.165) is 11.3 Å². The van der Waals surface area contributed by atoms with E-state index >= 15 is 0 Å². The first-order chi connectivity index (χ1) is 9.69. The van der Waals surface area contributed by atoms with Crippen LogP contribution in [-0.2, 0) is 0 Å². The normalized spacial score (nSPS) is 10.9. The molecular formula is C13H13N5OS. The quantitative estimate of drug-likeness (QED) is 0.740. The van der Waals surface area contributed by atoms with Crippen molar-refractivity contribution < 1.29 is 4.79 Å². The van der Waals surface area contributed by atoms with Crippen LogP contribution in [0.2, 0.25) is 0 Å². The first-order valence-electron chi connectivity index (χ1n) is 6.24.